The van der Waals surface area contributed by atoms with Crippen molar-refractivity contribution in [2.24, 2.45) is 0 Å². The van der Waals surface area contributed by atoms with Crippen LogP contribution in [-0.2, 0) is 10.2 Å². The van der Waals surface area contributed by atoms with Gasteiger partial charge in [-0.15, -0.1) is 0 Å². The molecule has 1 heterocycles. The molecule has 1 saturated carbocycles. The maximum Gasteiger partial charge on any atom is 1.00 e. The van der Waals surface area contributed by atoms with Gasteiger partial charge >= 0.3 is 29.6 Å². The van der Waals surface area contributed by atoms with E-state index in [-0.39, 0.29) is 29.6 Å². The molecular weight excluding hydrogens is 269 g/mol. The molecule has 0 aliphatic heterocycles. The van der Waals surface area contributed by atoms with Crippen molar-refractivity contribution in [1.29, 1.82) is 0 Å². The molecule has 1 aromatic rings. The van der Waals surface area contributed by atoms with E-state index in [1.54, 1.807) is 12.3 Å². The molecule has 0 amide bonds. The van der Waals surface area contributed by atoms with Gasteiger partial charge in [0, 0.05) is 10.7 Å². The van der Waals surface area contributed by atoms with Gasteiger partial charge in [0.2, 0.25) is 0 Å². The molecule has 1 aliphatic rings. The zero-order valence-corrected chi connectivity index (χ0v) is 12.1. The van der Waals surface area contributed by atoms with Gasteiger partial charge in [0.15, 0.2) is 0 Å². The molecule has 15 heavy (non-hydrogen) atoms. The second kappa shape index (κ2) is 4.95. The summed E-state index contributed by atoms with van der Waals surface area (Å²) in [5.41, 5.74) is -0.201. The van der Waals surface area contributed by atoms with Crippen molar-refractivity contribution in [1.82, 2.24) is 4.98 Å². The molecule has 0 unspecified atom stereocenters. The van der Waals surface area contributed by atoms with Crippen LogP contribution in [0.2, 0.25) is 0 Å². The fourth-order valence-electron chi connectivity index (χ4n) is 1.75. The monoisotopic (exact) mass is 277 g/mol. The number of hydrogen-bond acceptors (Lipinski definition) is 3. The number of carboxylic acids is 1. The van der Waals surface area contributed by atoms with E-state index >= 15 is 0 Å². The zero-order valence-electron chi connectivity index (χ0n) is 8.50. The van der Waals surface area contributed by atoms with E-state index in [1.807, 2.05) is 6.07 Å². The second-order valence-corrected chi connectivity index (χ2v) is 4.50. The summed E-state index contributed by atoms with van der Waals surface area (Å²) in [4.78, 5) is 15.2. The Labute approximate surface area is 119 Å². The number of carbonyl (C=O) groups excluding carboxylic acids is 1. The average molecular weight is 278 g/mol. The summed E-state index contributed by atoms with van der Waals surface area (Å²) in [7, 11) is 0. The first kappa shape index (κ1) is 13.2. The van der Waals surface area contributed by atoms with E-state index in [9.17, 15) is 9.90 Å². The first-order chi connectivity index (χ1) is 6.65. The molecule has 74 valence electrons. The second-order valence-electron chi connectivity index (χ2n) is 3.58. The van der Waals surface area contributed by atoms with Crippen LogP contribution in [0.1, 0.15) is 25.0 Å². The number of carbonyl (C=O) groups is 1. The van der Waals surface area contributed by atoms with Crippen molar-refractivity contribution in [3.05, 3.63) is 28.5 Å². The van der Waals surface area contributed by atoms with Crippen molar-refractivity contribution >= 4 is 21.9 Å². The number of hydrogen-bond donors (Lipinski definition) is 0. The van der Waals surface area contributed by atoms with Gasteiger partial charge < -0.3 is 9.90 Å². The Morgan fingerprint density at radius 3 is 2.47 bits per heavy atom. The van der Waals surface area contributed by atoms with Gasteiger partial charge in [0.05, 0.1) is 17.1 Å². The molecule has 0 bridgehead atoms. The molecule has 1 aliphatic carbocycles. The Kier molecular flexibility index (Phi) is 4.35. The third-order valence-electron chi connectivity index (χ3n) is 2.82. The number of nitrogens with zero attached hydrogens (tertiary/aromatic N) is 1. The molecule has 0 aromatic carbocycles. The molecule has 0 radical (unpaired) electrons. The number of rotatable bonds is 2. The Balaban J connectivity index is 0.00000112. The first-order valence-corrected chi connectivity index (χ1v) is 5.28. The summed E-state index contributed by atoms with van der Waals surface area (Å²) >= 11 is 3.26. The van der Waals surface area contributed by atoms with E-state index in [0.29, 0.717) is 18.5 Å². The third kappa shape index (κ3) is 2.28. The molecule has 3 nitrogen and oxygen atoms in total. The number of carboxylic acid groups (broad SMARTS) is 1. The van der Waals surface area contributed by atoms with Crippen molar-refractivity contribution in [3.63, 3.8) is 0 Å². The van der Waals surface area contributed by atoms with E-state index in [2.05, 4.69) is 20.9 Å². The predicted octanol–water partition coefficient (Wildman–Crippen LogP) is -1.98. The number of halogens is 1. The summed E-state index contributed by atoms with van der Waals surface area (Å²) in [6.07, 6.45) is 3.85. The number of aliphatic carboxylic acids is 1. The quantitative estimate of drug-likeness (QED) is 0.589. The van der Waals surface area contributed by atoms with Gasteiger partial charge in [-0.25, -0.2) is 0 Å². The average Bonchev–Trinajstić information content (AvgIpc) is 2.05. The van der Waals surface area contributed by atoms with Crippen LogP contribution in [0.3, 0.4) is 0 Å². The van der Waals surface area contributed by atoms with Gasteiger partial charge in [-0.3, -0.25) is 4.98 Å². The van der Waals surface area contributed by atoms with Crippen molar-refractivity contribution < 1.29 is 39.5 Å². The van der Waals surface area contributed by atoms with E-state index < -0.39 is 11.4 Å². The van der Waals surface area contributed by atoms with E-state index in [4.69, 9.17) is 0 Å². The van der Waals surface area contributed by atoms with Crippen LogP contribution < -0.4 is 34.7 Å². The van der Waals surface area contributed by atoms with Crippen molar-refractivity contribution in [2.45, 2.75) is 24.7 Å². The van der Waals surface area contributed by atoms with Crippen LogP contribution in [-0.4, -0.2) is 11.0 Å². The van der Waals surface area contributed by atoms with Crippen LogP contribution in [0, 0.1) is 0 Å². The van der Waals surface area contributed by atoms with Crippen molar-refractivity contribution in [2.75, 3.05) is 0 Å². The molecular formula is C10H9BrNNaO2. The minimum Gasteiger partial charge on any atom is -0.549 e. The van der Waals surface area contributed by atoms with Crippen LogP contribution in [0.4, 0.5) is 0 Å². The summed E-state index contributed by atoms with van der Waals surface area (Å²) in [5, 5.41) is 11.0. The summed E-state index contributed by atoms with van der Waals surface area (Å²) in [5.74, 6) is -1.00. The SMILES string of the molecule is O=C([O-])C1(c2ccc(Br)cn2)CCC1.[Na+]. The van der Waals surface area contributed by atoms with Crippen LogP contribution >= 0.6 is 15.9 Å². The van der Waals surface area contributed by atoms with Gasteiger partial charge in [-0.1, -0.05) is 6.42 Å². The standard InChI is InChI=1S/C10H10BrNO2.Na/c11-7-2-3-8(12-6-7)10(9(13)14)4-1-5-10;/h2-3,6H,1,4-5H2,(H,13,14);/q;+1/p-1. The first-order valence-electron chi connectivity index (χ1n) is 4.49. The molecule has 5 heteroatoms. The molecule has 0 atom stereocenters. The summed E-state index contributed by atoms with van der Waals surface area (Å²) < 4.78 is 0.856. The van der Waals surface area contributed by atoms with Crippen LogP contribution in [0.15, 0.2) is 22.8 Å². The Morgan fingerprint density at radius 2 is 2.13 bits per heavy atom. The van der Waals surface area contributed by atoms with Crippen LogP contribution in [0.25, 0.3) is 0 Å². The maximum absolute atomic E-state index is 11.0. The number of pyridine rings is 1. The fraction of sp³-hybridized carbons (Fsp3) is 0.400. The summed E-state index contributed by atoms with van der Waals surface area (Å²) in [6, 6.07) is 3.56. The Bertz CT molecular complexity index is 362. The smallest absolute Gasteiger partial charge is 0.549 e. The zero-order chi connectivity index (χ0) is 10.2. The fourth-order valence-corrected chi connectivity index (χ4v) is 1.99. The number of aromatic nitrogens is 1. The molecule has 1 fully saturated rings. The summed E-state index contributed by atoms with van der Waals surface area (Å²) in [6.45, 7) is 0. The van der Waals surface area contributed by atoms with E-state index in [1.165, 1.54) is 0 Å². The molecule has 2 rings (SSSR count). The predicted molar refractivity (Wildman–Crippen MR) is 52.5 cm³/mol. The van der Waals surface area contributed by atoms with Crippen LogP contribution in [0.5, 0.6) is 0 Å². The molecule has 0 N–H and O–H groups in total. The Morgan fingerprint density at radius 1 is 1.47 bits per heavy atom. The largest absolute Gasteiger partial charge is 1.00 e. The molecule has 0 saturated heterocycles. The Hall–Kier alpha value is 0.1000. The minimum absolute atomic E-state index is 0. The molecule has 1 aromatic heterocycles. The van der Waals surface area contributed by atoms with Gasteiger partial charge in [-0.2, -0.15) is 0 Å². The van der Waals surface area contributed by atoms with Gasteiger partial charge in [-0.05, 0) is 40.9 Å². The topological polar surface area (TPSA) is 53.0 Å². The normalized spacial score (nSPS) is 17.4. The van der Waals surface area contributed by atoms with Crippen molar-refractivity contribution in [3.8, 4) is 0 Å². The maximum atomic E-state index is 11.0. The van der Waals surface area contributed by atoms with Gasteiger partial charge in [0.1, 0.15) is 0 Å². The van der Waals surface area contributed by atoms with E-state index in [0.717, 1.165) is 10.9 Å². The third-order valence-corrected chi connectivity index (χ3v) is 3.28. The van der Waals surface area contributed by atoms with Gasteiger partial charge in [0.25, 0.3) is 0 Å². The minimum atomic E-state index is -1.00. The molecule has 0 spiro atoms.